The van der Waals surface area contributed by atoms with E-state index in [9.17, 15) is 9.59 Å². The highest BCUT2D eigenvalue weighted by Crippen LogP contribution is 2.28. The van der Waals surface area contributed by atoms with E-state index in [0.717, 1.165) is 43.0 Å². The van der Waals surface area contributed by atoms with Gasteiger partial charge >= 0.3 is 0 Å². The Kier molecular flexibility index (Phi) is 5.27. The van der Waals surface area contributed by atoms with Gasteiger partial charge in [-0.2, -0.15) is 0 Å². The molecule has 0 radical (unpaired) electrons. The van der Waals surface area contributed by atoms with Crippen molar-refractivity contribution < 1.29 is 9.59 Å². The van der Waals surface area contributed by atoms with Gasteiger partial charge < -0.3 is 15.1 Å². The number of nitrogens with zero attached hydrogens (tertiary/aromatic N) is 2. The number of rotatable bonds is 5. The van der Waals surface area contributed by atoms with Gasteiger partial charge in [0.2, 0.25) is 5.91 Å². The van der Waals surface area contributed by atoms with Gasteiger partial charge in [-0.3, -0.25) is 9.59 Å². The highest BCUT2D eigenvalue weighted by Gasteiger charge is 2.18. The number of benzene rings is 1. The Bertz CT molecular complexity index is 707. The second-order valence-electron chi connectivity index (χ2n) is 5.99. The second-order valence-corrected chi connectivity index (χ2v) is 7.02. The Morgan fingerprint density at radius 3 is 2.71 bits per heavy atom. The molecule has 1 aromatic heterocycles. The SMILES string of the molecule is CN1CCN(c2ccc(C=O)cc2NC(=O)Cc2cccs2)CC1. The highest BCUT2D eigenvalue weighted by molar-refractivity contribution is 7.10. The van der Waals surface area contributed by atoms with Crippen LogP contribution < -0.4 is 10.2 Å². The van der Waals surface area contributed by atoms with Crippen LogP contribution >= 0.6 is 11.3 Å². The van der Waals surface area contributed by atoms with Gasteiger partial charge in [-0.1, -0.05) is 6.07 Å². The Balaban J connectivity index is 1.78. The van der Waals surface area contributed by atoms with Crippen molar-refractivity contribution in [3.8, 4) is 0 Å². The predicted octanol–water partition coefficient (Wildman–Crippen LogP) is 2.49. The van der Waals surface area contributed by atoms with E-state index < -0.39 is 0 Å². The average Bonchev–Trinajstić information content (AvgIpc) is 3.08. The molecule has 0 atom stereocenters. The fourth-order valence-corrected chi connectivity index (χ4v) is 3.52. The molecule has 2 heterocycles. The van der Waals surface area contributed by atoms with E-state index in [1.54, 1.807) is 23.5 Å². The monoisotopic (exact) mass is 343 g/mol. The van der Waals surface area contributed by atoms with Crippen molar-refractivity contribution in [3.05, 3.63) is 46.2 Å². The van der Waals surface area contributed by atoms with Crippen molar-refractivity contribution in [2.24, 2.45) is 0 Å². The minimum atomic E-state index is -0.0594. The molecular formula is C18H21N3O2S. The molecule has 1 aliphatic rings. The number of carbonyl (C=O) groups excluding carboxylic acids is 2. The number of hydrogen-bond donors (Lipinski definition) is 1. The largest absolute Gasteiger partial charge is 0.367 e. The zero-order valence-corrected chi connectivity index (χ0v) is 14.5. The van der Waals surface area contributed by atoms with Crippen LogP contribution in [-0.2, 0) is 11.2 Å². The minimum Gasteiger partial charge on any atom is -0.367 e. The van der Waals surface area contributed by atoms with Crippen molar-refractivity contribution in [2.45, 2.75) is 6.42 Å². The molecule has 0 aliphatic carbocycles. The lowest BCUT2D eigenvalue weighted by Crippen LogP contribution is -2.44. The van der Waals surface area contributed by atoms with Crippen molar-refractivity contribution in [1.29, 1.82) is 0 Å². The molecule has 3 rings (SSSR count). The number of anilines is 2. The van der Waals surface area contributed by atoms with Crippen LogP contribution in [0.25, 0.3) is 0 Å². The third-order valence-corrected chi connectivity index (χ3v) is 5.07. The summed E-state index contributed by atoms with van der Waals surface area (Å²) in [5.41, 5.74) is 2.26. The predicted molar refractivity (Wildman–Crippen MR) is 98.2 cm³/mol. The maximum absolute atomic E-state index is 12.3. The number of aldehydes is 1. The molecule has 0 bridgehead atoms. The molecule has 2 aromatic rings. The Morgan fingerprint density at radius 2 is 2.04 bits per heavy atom. The first-order valence-electron chi connectivity index (χ1n) is 8.00. The average molecular weight is 343 g/mol. The van der Waals surface area contributed by atoms with E-state index in [2.05, 4.69) is 22.2 Å². The number of likely N-dealkylation sites (N-methyl/N-ethyl adjacent to an activating group) is 1. The second kappa shape index (κ2) is 7.59. The molecule has 1 N–H and O–H groups in total. The standard InChI is InChI=1S/C18H21N3O2S/c1-20-6-8-21(9-7-20)17-5-4-14(13-22)11-16(17)19-18(23)12-15-3-2-10-24-15/h2-5,10-11,13H,6-9,12H2,1H3,(H,19,23). The third-order valence-electron chi connectivity index (χ3n) is 4.19. The maximum atomic E-state index is 12.3. The summed E-state index contributed by atoms with van der Waals surface area (Å²) >= 11 is 1.57. The number of amides is 1. The van der Waals surface area contributed by atoms with Crippen LogP contribution in [0.2, 0.25) is 0 Å². The smallest absolute Gasteiger partial charge is 0.229 e. The summed E-state index contributed by atoms with van der Waals surface area (Å²) in [5.74, 6) is -0.0594. The lowest BCUT2D eigenvalue weighted by Gasteiger charge is -2.35. The topological polar surface area (TPSA) is 52.6 Å². The van der Waals surface area contributed by atoms with Crippen LogP contribution in [-0.4, -0.2) is 50.3 Å². The Morgan fingerprint density at radius 1 is 1.25 bits per heavy atom. The van der Waals surface area contributed by atoms with Crippen molar-refractivity contribution >= 4 is 34.9 Å². The first kappa shape index (κ1) is 16.7. The van der Waals surface area contributed by atoms with Gasteiger partial charge in [0.15, 0.2) is 0 Å². The molecular weight excluding hydrogens is 322 g/mol. The molecule has 1 fully saturated rings. The van der Waals surface area contributed by atoms with Gasteiger partial charge in [0, 0.05) is 36.6 Å². The van der Waals surface area contributed by atoms with Crippen LogP contribution in [0, 0.1) is 0 Å². The highest BCUT2D eigenvalue weighted by atomic mass is 32.1. The van der Waals surface area contributed by atoms with Crippen LogP contribution in [0.1, 0.15) is 15.2 Å². The molecule has 126 valence electrons. The molecule has 24 heavy (non-hydrogen) atoms. The van der Waals surface area contributed by atoms with Gasteiger partial charge in [-0.25, -0.2) is 0 Å². The van der Waals surface area contributed by atoms with Gasteiger partial charge in [0.25, 0.3) is 0 Å². The maximum Gasteiger partial charge on any atom is 0.229 e. The fraction of sp³-hybridized carbons (Fsp3) is 0.333. The molecule has 1 saturated heterocycles. The molecule has 1 aromatic carbocycles. The lowest BCUT2D eigenvalue weighted by atomic mass is 10.1. The van der Waals surface area contributed by atoms with Crippen LogP contribution in [0.4, 0.5) is 11.4 Å². The quantitative estimate of drug-likeness (QED) is 0.848. The molecule has 0 saturated carbocycles. The normalized spacial score (nSPS) is 15.3. The number of hydrogen-bond acceptors (Lipinski definition) is 5. The molecule has 6 heteroatoms. The zero-order chi connectivity index (χ0) is 16.9. The molecule has 1 amide bonds. The Labute approximate surface area is 145 Å². The summed E-state index contributed by atoms with van der Waals surface area (Å²) in [6.07, 6.45) is 1.16. The number of thiophene rings is 1. The summed E-state index contributed by atoms with van der Waals surface area (Å²) in [5, 5.41) is 4.95. The summed E-state index contributed by atoms with van der Waals surface area (Å²) in [6, 6.07) is 9.38. The number of carbonyl (C=O) groups is 2. The van der Waals surface area contributed by atoms with Crippen LogP contribution in [0.15, 0.2) is 35.7 Å². The van der Waals surface area contributed by atoms with Crippen LogP contribution in [0.3, 0.4) is 0 Å². The molecule has 0 spiro atoms. The molecule has 0 unspecified atom stereocenters. The molecule has 5 nitrogen and oxygen atoms in total. The van der Waals surface area contributed by atoms with Gasteiger partial charge in [0.1, 0.15) is 6.29 Å². The summed E-state index contributed by atoms with van der Waals surface area (Å²) in [7, 11) is 2.11. The van der Waals surface area contributed by atoms with Crippen molar-refractivity contribution in [2.75, 3.05) is 43.4 Å². The zero-order valence-electron chi connectivity index (χ0n) is 13.7. The third kappa shape index (κ3) is 4.01. The number of nitrogens with one attached hydrogen (secondary N) is 1. The summed E-state index contributed by atoms with van der Waals surface area (Å²) < 4.78 is 0. The van der Waals surface area contributed by atoms with E-state index in [0.29, 0.717) is 17.7 Å². The van der Waals surface area contributed by atoms with E-state index in [1.165, 1.54) is 0 Å². The summed E-state index contributed by atoms with van der Waals surface area (Å²) in [6.45, 7) is 3.78. The van der Waals surface area contributed by atoms with Gasteiger partial charge in [-0.15, -0.1) is 11.3 Å². The van der Waals surface area contributed by atoms with E-state index in [-0.39, 0.29) is 5.91 Å². The minimum absolute atomic E-state index is 0.0594. The van der Waals surface area contributed by atoms with Crippen molar-refractivity contribution in [1.82, 2.24) is 4.90 Å². The molecule has 1 aliphatic heterocycles. The Hall–Kier alpha value is -2.18. The first-order valence-corrected chi connectivity index (χ1v) is 8.88. The van der Waals surface area contributed by atoms with E-state index in [4.69, 9.17) is 0 Å². The number of piperazine rings is 1. The lowest BCUT2D eigenvalue weighted by molar-refractivity contribution is -0.115. The van der Waals surface area contributed by atoms with Crippen molar-refractivity contribution in [3.63, 3.8) is 0 Å². The van der Waals surface area contributed by atoms with Gasteiger partial charge in [-0.05, 0) is 36.7 Å². The van der Waals surface area contributed by atoms with Crippen LogP contribution in [0.5, 0.6) is 0 Å². The van der Waals surface area contributed by atoms with E-state index >= 15 is 0 Å². The van der Waals surface area contributed by atoms with E-state index in [1.807, 2.05) is 23.6 Å². The fourth-order valence-electron chi connectivity index (χ4n) is 2.82. The van der Waals surface area contributed by atoms with Gasteiger partial charge in [0.05, 0.1) is 17.8 Å². The first-order chi connectivity index (χ1) is 11.7. The summed E-state index contributed by atoms with van der Waals surface area (Å²) in [4.78, 5) is 29.0.